The smallest absolute Gasteiger partial charge is 0.271 e. The van der Waals surface area contributed by atoms with Crippen molar-refractivity contribution in [2.75, 3.05) is 5.32 Å². The maximum absolute atomic E-state index is 13.0. The van der Waals surface area contributed by atoms with Gasteiger partial charge in [0.25, 0.3) is 5.91 Å². The van der Waals surface area contributed by atoms with Gasteiger partial charge in [-0.3, -0.25) is 9.59 Å². The van der Waals surface area contributed by atoms with Crippen LogP contribution in [0.25, 0.3) is 10.9 Å². The van der Waals surface area contributed by atoms with Gasteiger partial charge in [0.2, 0.25) is 5.91 Å². The number of nitrogens with zero attached hydrogens (tertiary/aromatic N) is 2. The number of hydrazone groups is 1. The summed E-state index contributed by atoms with van der Waals surface area (Å²) in [6.07, 6.45) is 7.48. The molecule has 7 rings (SSSR count). The molecule has 266 valence electrons. The van der Waals surface area contributed by atoms with Crippen molar-refractivity contribution in [3.8, 4) is 0 Å². The Morgan fingerprint density at radius 1 is 0.960 bits per heavy atom. The van der Waals surface area contributed by atoms with E-state index in [4.69, 9.17) is 0 Å². The highest BCUT2D eigenvalue weighted by Gasteiger charge is 2.65. The van der Waals surface area contributed by atoms with E-state index >= 15 is 0 Å². The number of aliphatic hydroxyl groups excluding tert-OH is 3. The number of pyridine rings is 1. The number of anilines is 1. The zero-order chi connectivity index (χ0) is 35.2. The topological polar surface area (TPSA) is 144 Å². The second-order valence-electron chi connectivity index (χ2n) is 16.3. The largest absolute Gasteiger partial charge is 0.393 e. The quantitative estimate of drug-likeness (QED) is 0.139. The second-order valence-corrected chi connectivity index (χ2v) is 16.3. The standard InChI is InChI=1S/C41H52N4O5/c1-24(31-15-16-32-38-33(22-36(48)41(31,32)3)40(2)19-18-30(46)20-27(40)21-35(38)47)8-17-37(49)44-28-12-10-26(11-13-28)39(50)45-42-23-29-14-9-25-6-4-5-7-34(25)43-29/h4-7,9-14,23-24,27,30-33,35-36,38,46-48H,8,15-22H2,1-3H3,(H,44,49)(H,45,50)/b42-23+/t24-,27+,30-,31-,32+,33+,35-,36+,38+,40+,41-/m1/s1. The monoisotopic (exact) mass is 680 g/mol. The van der Waals surface area contributed by atoms with E-state index in [1.165, 1.54) is 6.21 Å². The minimum absolute atomic E-state index is 0.0549. The molecule has 0 spiro atoms. The van der Waals surface area contributed by atoms with Crippen molar-refractivity contribution in [3.05, 3.63) is 71.9 Å². The average molecular weight is 681 g/mol. The highest BCUT2D eigenvalue weighted by atomic mass is 16.3. The number of benzene rings is 2. The fourth-order valence-corrected chi connectivity index (χ4v) is 11.0. The normalized spacial score (nSPS) is 35.6. The van der Waals surface area contributed by atoms with Gasteiger partial charge in [0.1, 0.15) is 0 Å². The van der Waals surface area contributed by atoms with Crippen LogP contribution in [0, 0.1) is 46.3 Å². The van der Waals surface area contributed by atoms with Crippen molar-refractivity contribution < 1.29 is 24.9 Å². The third-order valence-electron chi connectivity index (χ3n) is 13.8. The lowest BCUT2D eigenvalue weighted by atomic mass is 9.43. The van der Waals surface area contributed by atoms with Crippen LogP contribution in [-0.2, 0) is 4.79 Å². The van der Waals surface area contributed by atoms with Gasteiger partial charge >= 0.3 is 0 Å². The first-order chi connectivity index (χ1) is 24.0. The number of rotatable bonds is 8. The molecule has 50 heavy (non-hydrogen) atoms. The molecule has 4 aliphatic rings. The predicted molar refractivity (Wildman–Crippen MR) is 194 cm³/mol. The van der Waals surface area contributed by atoms with Crippen LogP contribution in [0.1, 0.15) is 94.6 Å². The number of amides is 2. The van der Waals surface area contributed by atoms with Gasteiger partial charge < -0.3 is 20.6 Å². The summed E-state index contributed by atoms with van der Waals surface area (Å²) in [5, 5.41) is 41.9. The molecule has 5 N–H and O–H groups in total. The summed E-state index contributed by atoms with van der Waals surface area (Å²) in [5.74, 6) is 1.10. The van der Waals surface area contributed by atoms with E-state index in [0.717, 1.165) is 49.4 Å². The van der Waals surface area contributed by atoms with Crippen LogP contribution in [-0.4, -0.2) is 56.6 Å². The van der Waals surface area contributed by atoms with Gasteiger partial charge in [0.15, 0.2) is 0 Å². The van der Waals surface area contributed by atoms with Crippen molar-refractivity contribution in [3.63, 3.8) is 0 Å². The van der Waals surface area contributed by atoms with Crippen LogP contribution < -0.4 is 10.7 Å². The van der Waals surface area contributed by atoms with Gasteiger partial charge in [-0.25, -0.2) is 10.4 Å². The molecule has 1 heterocycles. The molecular formula is C41H52N4O5. The molecule has 9 heteroatoms. The molecule has 4 saturated carbocycles. The zero-order valence-electron chi connectivity index (χ0n) is 29.5. The molecule has 4 aliphatic carbocycles. The lowest BCUT2D eigenvalue weighted by molar-refractivity contribution is -0.207. The molecule has 0 unspecified atom stereocenters. The molecule has 0 bridgehead atoms. The highest BCUT2D eigenvalue weighted by molar-refractivity contribution is 5.96. The van der Waals surface area contributed by atoms with Crippen LogP contribution >= 0.6 is 0 Å². The van der Waals surface area contributed by atoms with Crippen LogP contribution in [0.4, 0.5) is 5.69 Å². The third-order valence-corrected chi connectivity index (χ3v) is 13.8. The molecule has 0 saturated heterocycles. The zero-order valence-corrected chi connectivity index (χ0v) is 29.5. The Kier molecular flexibility index (Phi) is 9.60. The number of carbonyl (C=O) groups excluding carboxylic acids is 2. The maximum Gasteiger partial charge on any atom is 0.271 e. The summed E-state index contributed by atoms with van der Waals surface area (Å²) in [4.78, 5) is 30.2. The molecule has 11 atom stereocenters. The van der Waals surface area contributed by atoms with Gasteiger partial charge in [0, 0.05) is 23.1 Å². The Bertz CT molecular complexity index is 1750. The summed E-state index contributed by atoms with van der Waals surface area (Å²) in [5.41, 5.74) is 4.84. The summed E-state index contributed by atoms with van der Waals surface area (Å²) in [6.45, 7) is 6.83. The van der Waals surface area contributed by atoms with Crippen LogP contribution in [0.3, 0.4) is 0 Å². The fourth-order valence-electron chi connectivity index (χ4n) is 11.0. The maximum atomic E-state index is 13.0. The summed E-state index contributed by atoms with van der Waals surface area (Å²) < 4.78 is 0. The number of fused-ring (bicyclic) bond motifs is 6. The van der Waals surface area contributed by atoms with E-state index in [1.807, 2.05) is 36.4 Å². The van der Waals surface area contributed by atoms with E-state index < -0.39 is 12.2 Å². The van der Waals surface area contributed by atoms with Crippen molar-refractivity contribution in [2.24, 2.45) is 51.4 Å². The average Bonchev–Trinajstić information content (AvgIpc) is 3.47. The molecule has 0 aliphatic heterocycles. The van der Waals surface area contributed by atoms with Crippen LogP contribution in [0.2, 0.25) is 0 Å². The van der Waals surface area contributed by atoms with Gasteiger partial charge in [-0.1, -0.05) is 45.0 Å². The Labute approximate surface area is 295 Å². The molecular weight excluding hydrogens is 628 g/mol. The minimum atomic E-state index is -0.441. The first kappa shape index (κ1) is 34.8. The Morgan fingerprint density at radius 3 is 2.54 bits per heavy atom. The molecule has 2 amide bonds. The van der Waals surface area contributed by atoms with Gasteiger partial charge in [-0.05, 0) is 134 Å². The number of hydrogen-bond donors (Lipinski definition) is 5. The summed E-state index contributed by atoms with van der Waals surface area (Å²) >= 11 is 0. The Balaban J connectivity index is 0.915. The molecule has 9 nitrogen and oxygen atoms in total. The molecule has 3 aromatic rings. The first-order valence-corrected chi connectivity index (χ1v) is 18.6. The second kappa shape index (κ2) is 13.8. The number of para-hydroxylation sites is 1. The van der Waals surface area contributed by atoms with E-state index in [0.29, 0.717) is 42.1 Å². The number of hydrogen-bond acceptors (Lipinski definition) is 7. The van der Waals surface area contributed by atoms with Crippen molar-refractivity contribution in [1.29, 1.82) is 0 Å². The third kappa shape index (κ3) is 6.37. The van der Waals surface area contributed by atoms with Crippen molar-refractivity contribution in [2.45, 2.75) is 96.9 Å². The molecule has 0 radical (unpaired) electrons. The first-order valence-electron chi connectivity index (χ1n) is 18.6. The molecule has 2 aromatic carbocycles. The van der Waals surface area contributed by atoms with Gasteiger partial charge in [-0.2, -0.15) is 5.10 Å². The number of carbonyl (C=O) groups is 2. The fraction of sp³-hybridized carbons (Fsp3) is 0.561. The Hall–Kier alpha value is -3.66. The predicted octanol–water partition coefficient (Wildman–Crippen LogP) is 6.31. The number of nitrogens with one attached hydrogen (secondary N) is 2. The lowest BCUT2D eigenvalue weighted by Crippen LogP contribution is -2.62. The summed E-state index contributed by atoms with van der Waals surface area (Å²) in [7, 11) is 0. The minimum Gasteiger partial charge on any atom is -0.393 e. The van der Waals surface area contributed by atoms with Crippen LogP contribution in [0.5, 0.6) is 0 Å². The highest BCUT2D eigenvalue weighted by Crippen LogP contribution is 2.68. The SMILES string of the molecule is C[C@H](CCC(=O)Nc1ccc(C(=O)N/N=C/c2ccc3ccccc3n2)cc1)[C@H]1CC[C@H]2[C@@H]3[C@H](O)C[C@@H]4C[C@H](O)CC[C@]4(C)[C@H]3C[C@H](O)[C@]12C. The molecule has 4 fully saturated rings. The van der Waals surface area contributed by atoms with E-state index in [-0.39, 0.29) is 58.3 Å². The Morgan fingerprint density at radius 2 is 1.74 bits per heavy atom. The van der Waals surface area contributed by atoms with E-state index in [9.17, 15) is 24.9 Å². The molecule has 1 aromatic heterocycles. The van der Waals surface area contributed by atoms with Crippen LogP contribution in [0.15, 0.2) is 65.8 Å². The van der Waals surface area contributed by atoms with Gasteiger partial charge in [-0.15, -0.1) is 0 Å². The van der Waals surface area contributed by atoms with Crippen molar-refractivity contribution in [1.82, 2.24) is 10.4 Å². The number of aromatic nitrogens is 1. The van der Waals surface area contributed by atoms with Crippen molar-refractivity contribution >= 4 is 34.6 Å². The lowest BCUT2D eigenvalue weighted by Gasteiger charge is -2.63. The van der Waals surface area contributed by atoms with E-state index in [1.54, 1.807) is 24.3 Å². The van der Waals surface area contributed by atoms with Gasteiger partial charge in [0.05, 0.1) is 35.7 Å². The van der Waals surface area contributed by atoms with E-state index in [2.05, 4.69) is 41.6 Å². The number of aliphatic hydroxyl groups is 3. The summed E-state index contributed by atoms with van der Waals surface area (Å²) in [6, 6.07) is 18.4.